The highest BCUT2D eigenvalue weighted by Crippen LogP contribution is 2.24. The number of carboxylic acids is 3. The Hall–Kier alpha value is -7.92. The van der Waals surface area contributed by atoms with Crippen LogP contribution in [0.15, 0.2) is 35.3 Å². The SMILES string of the molecule is NCCCC[C@@H]1NC(=O)CCSC[C@@H](C(=O)N[C@@H](CCCN=C(N)N)C(=O)NCC(=O)N[C@@H](CC(=O)O)C(=O)N[C@H]2CSSC[C@@H](C(=O)NCC(=O)NCC(=O)O)NC(=O)[C@H](Cc3ccccc3)NC2=O)NC(=O)[C@H](CC(=O)O)NC1=O. The van der Waals surface area contributed by atoms with Crippen LogP contribution in [0.25, 0.3) is 0 Å². The first kappa shape index (κ1) is 68.4. The summed E-state index contributed by atoms with van der Waals surface area (Å²) in [6, 6.07) is -3.60. The lowest BCUT2D eigenvalue weighted by molar-refractivity contribution is -0.141. The average molecular weight is 1210 g/mol. The summed E-state index contributed by atoms with van der Waals surface area (Å²) >= 11 is 1.04. The second kappa shape index (κ2) is 36.4. The van der Waals surface area contributed by atoms with Crippen molar-refractivity contribution in [3.8, 4) is 0 Å². The van der Waals surface area contributed by atoms with E-state index in [9.17, 15) is 77.3 Å². The first-order valence-corrected chi connectivity index (χ1v) is 29.1. The van der Waals surface area contributed by atoms with Gasteiger partial charge in [0.2, 0.25) is 65.0 Å². The number of rotatable bonds is 27. The molecular formula is C47H69N15O17S3. The fourth-order valence-corrected chi connectivity index (χ4v) is 10.8. The lowest BCUT2D eigenvalue weighted by Crippen LogP contribution is -2.60. The van der Waals surface area contributed by atoms with Crippen LogP contribution in [0.3, 0.4) is 0 Å². The normalized spacial score (nSPS) is 20.7. The highest BCUT2D eigenvalue weighted by molar-refractivity contribution is 8.76. The summed E-state index contributed by atoms with van der Waals surface area (Å²) in [5, 5.41) is 54.4. The summed E-state index contributed by atoms with van der Waals surface area (Å²) in [5.74, 6) is -15.4. The molecule has 0 radical (unpaired) electrons. The van der Waals surface area contributed by atoms with E-state index < -0.39 is 164 Å². The zero-order valence-corrected chi connectivity index (χ0v) is 46.6. The Morgan fingerprint density at radius 1 is 0.634 bits per heavy atom. The number of carboxylic acid groups (broad SMARTS) is 3. The molecule has 2 aliphatic heterocycles. The monoisotopic (exact) mass is 1210 g/mol. The quantitative estimate of drug-likeness (QED) is 0.0168. The van der Waals surface area contributed by atoms with Crippen LogP contribution in [-0.4, -0.2) is 208 Å². The van der Waals surface area contributed by atoms with Crippen molar-refractivity contribution in [2.24, 2.45) is 22.2 Å². The fourth-order valence-electron chi connectivity index (χ4n) is 7.47. The third-order valence-electron chi connectivity index (χ3n) is 11.6. The molecule has 452 valence electrons. The van der Waals surface area contributed by atoms with Gasteiger partial charge in [-0.25, -0.2) is 0 Å². The van der Waals surface area contributed by atoms with Crippen LogP contribution in [0.4, 0.5) is 0 Å². The predicted molar refractivity (Wildman–Crippen MR) is 296 cm³/mol. The number of hydrogen-bond donors (Lipinski definition) is 17. The van der Waals surface area contributed by atoms with Crippen molar-refractivity contribution < 1.29 is 82.4 Å². The van der Waals surface area contributed by atoms with Crippen molar-refractivity contribution >= 4 is 122 Å². The first-order valence-electron chi connectivity index (χ1n) is 25.5. The van der Waals surface area contributed by atoms with Gasteiger partial charge in [-0.1, -0.05) is 51.9 Å². The molecule has 1 aromatic rings. The summed E-state index contributed by atoms with van der Waals surface area (Å²) in [6.07, 6.45) is -1.33. The average Bonchev–Trinajstić information content (AvgIpc) is 3.49. The van der Waals surface area contributed by atoms with Crippen LogP contribution in [0, 0.1) is 0 Å². The van der Waals surface area contributed by atoms with E-state index in [1.807, 2.05) is 0 Å². The highest BCUT2D eigenvalue weighted by Gasteiger charge is 2.36. The number of aliphatic imine (C=N–C) groups is 1. The molecule has 82 heavy (non-hydrogen) atoms. The standard InChI is InChI=1S/C47H69N15O17S3/c48-12-5-4-9-26-41(74)59-29(17-37(68)69)44(77)60-30(21-80-14-11-33(63)55-26)45(78)57-25(10-6-13-51-47(49)50)39(72)54-19-35(65)56-28(16-36(66)67)43(76)62-32-23-82-81-22-31(40(73)53-18-34(64)52-20-38(70)71)61-42(75)27(58-46(32)79)15-24-7-2-1-3-8-24/h1-3,7-8,25-32H,4-6,9-23,48H2,(H,52,64)(H,53,73)(H,54,72)(H,55,63)(H,56,65)(H,57,78)(H,58,79)(H,59,74)(H,60,77)(H,61,75)(H,62,76)(H,66,67)(H,68,69)(H,70,71)(H4,49,50,51)/t25-,26-,27-,28-,29-,30-,31-,32-/m0/s1. The molecule has 2 aliphatic rings. The van der Waals surface area contributed by atoms with Crippen LogP contribution in [0.5, 0.6) is 0 Å². The van der Waals surface area contributed by atoms with Gasteiger partial charge in [-0.3, -0.25) is 72.1 Å². The molecule has 35 heteroatoms. The summed E-state index contributed by atoms with van der Waals surface area (Å²) in [4.78, 5) is 186. The molecule has 2 heterocycles. The number of hydrogen-bond acceptors (Lipinski definition) is 19. The molecule has 0 aliphatic carbocycles. The maximum atomic E-state index is 14.0. The zero-order chi connectivity index (χ0) is 60.7. The largest absolute Gasteiger partial charge is 0.481 e. The molecule has 0 spiro atoms. The summed E-state index contributed by atoms with van der Waals surface area (Å²) in [5.41, 5.74) is 17.0. The molecule has 0 unspecified atom stereocenters. The van der Waals surface area contributed by atoms with Crippen molar-refractivity contribution in [2.75, 3.05) is 55.7 Å². The van der Waals surface area contributed by atoms with Gasteiger partial charge in [0, 0.05) is 42.4 Å². The predicted octanol–water partition coefficient (Wildman–Crippen LogP) is -6.80. The first-order chi connectivity index (χ1) is 38.9. The van der Waals surface area contributed by atoms with E-state index >= 15 is 0 Å². The minimum atomic E-state index is -1.89. The molecule has 0 saturated carbocycles. The molecule has 11 amide bonds. The number of benzene rings is 1. The number of carbonyl (C=O) groups is 14. The third-order valence-corrected chi connectivity index (χ3v) is 15.1. The van der Waals surface area contributed by atoms with Crippen LogP contribution >= 0.6 is 33.3 Å². The molecule has 1 aromatic carbocycles. The van der Waals surface area contributed by atoms with Gasteiger partial charge >= 0.3 is 17.9 Å². The lowest BCUT2D eigenvalue weighted by atomic mass is 10.0. The number of nitrogens with zero attached hydrogens (tertiary/aromatic N) is 1. The number of nitrogens with one attached hydrogen (secondary N) is 11. The van der Waals surface area contributed by atoms with E-state index in [0.29, 0.717) is 24.9 Å². The molecule has 32 nitrogen and oxygen atoms in total. The molecule has 20 N–H and O–H groups in total. The van der Waals surface area contributed by atoms with E-state index in [0.717, 1.165) is 33.3 Å². The van der Waals surface area contributed by atoms with Crippen molar-refractivity contribution in [1.29, 1.82) is 0 Å². The number of carbonyl (C=O) groups excluding carboxylic acids is 11. The molecular weight excluding hydrogens is 1140 g/mol. The van der Waals surface area contributed by atoms with Crippen molar-refractivity contribution in [1.82, 2.24) is 58.5 Å². The van der Waals surface area contributed by atoms with Crippen LogP contribution in [0.2, 0.25) is 0 Å². The number of aliphatic carboxylic acids is 3. The third kappa shape index (κ3) is 26.6. The van der Waals surface area contributed by atoms with E-state index in [4.69, 9.17) is 22.3 Å². The fraction of sp³-hybridized carbons (Fsp3) is 0.553. The van der Waals surface area contributed by atoms with Gasteiger partial charge in [0.25, 0.3) is 0 Å². The Kier molecular flexibility index (Phi) is 30.4. The Morgan fingerprint density at radius 2 is 1.28 bits per heavy atom. The smallest absolute Gasteiger partial charge is 0.322 e. The van der Waals surface area contributed by atoms with E-state index in [1.165, 1.54) is 0 Å². The van der Waals surface area contributed by atoms with Gasteiger partial charge in [-0.05, 0) is 44.2 Å². The molecule has 8 atom stereocenters. The topological polar surface area (TPSA) is 522 Å². The minimum Gasteiger partial charge on any atom is -0.481 e. The van der Waals surface area contributed by atoms with E-state index in [1.54, 1.807) is 30.3 Å². The Bertz CT molecular complexity index is 2490. The van der Waals surface area contributed by atoms with Crippen molar-refractivity contribution in [2.45, 2.75) is 106 Å². The van der Waals surface area contributed by atoms with Crippen molar-refractivity contribution in [3.63, 3.8) is 0 Å². The van der Waals surface area contributed by atoms with Crippen LogP contribution < -0.4 is 75.7 Å². The van der Waals surface area contributed by atoms with Crippen molar-refractivity contribution in [3.05, 3.63) is 35.9 Å². The number of amides is 11. The lowest BCUT2D eigenvalue weighted by Gasteiger charge is -2.26. The Labute approximate surface area is 481 Å². The maximum absolute atomic E-state index is 14.0. The van der Waals surface area contributed by atoms with E-state index in [-0.39, 0.29) is 67.6 Å². The van der Waals surface area contributed by atoms with Crippen LogP contribution in [-0.2, 0) is 73.5 Å². The van der Waals surface area contributed by atoms with Gasteiger partial charge in [-0.2, -0.15) is 11.8 Å². The summed E-state index contributed by atoms with van der Waals surface area (Å²) < 4.78 is 0. The minimum absolute atomic E-state index is 0.0418. The zero-order valence-electron chi connectivity index (χ0n) is 44.2. The van der Waals surface area contributed by atoms with Gasteiger partial charge in [0.05, 0.1) is 25.9 Å². The van der Waals surface area contributed by atoms with Crippen LogP contribution in [0.1, 0.15) is 56.9 Å². The Morgan fingerprint density at radius 3 is 1.94 bits per heavy atom. The summed E-state index contributed by atoms with van der Waals surface area (Å²) in [7, 11) is 1.92. The number of unbranched alkanes of at least 4 members (excludes halogenated alkanes) is 1. The van der Waals surface area contributed by atoms with Gasteiger partial charge in [0.1, 0.15) is 54.9 Å². The highest BCUT2D eigenvalue weighted by atomic mass is 33.1. The maximum Gasteiger partial charge on any atom is 0.322 e. The molecule has 0 bridgehead atoms. The van der Waals surface area contributed by atoms with Gasteiger partial charge in [-0.15, -0.1) is 0 Å². The summed E-state index contributed by atoms with van der Waals surface area (Å²) in [6.45, 7) is -2.03. The second-order valence-corrected chi connectivity index (χ2v) is 21.9. The Balaban J connectivity index is 1.80. The molecule has 0 aromatic heterocycles. The second-order valence-electron chi connectivity index (χ2n) is 18.2. The number of thioether (sulfide) groups is 1. The van der Waals surface area contributed by atoms with E-state index in [2.05, 4.69) is 63.5 Å². The molecule has 2 fully saturated rings. The van der Waals surface area contributed by atoms with Gasteiger partial charge < -0.3 is 91.0 Å². The molecule has 3 rings (SSSR count). The van der Waals surface area contributed by atoms with Gasteiger partial charge in [0.15, 0.2) is 5.96 Å². The molecule has 2 saturated heterocycles. The number of guanidine groups is 1. The number of nitrogens with two attached hydrogens (primary N) is 3.